The van der Waals surface area contributed by atoms with Gasteiger partial charge in [-0.25, -0.2) is 4.98 Å². The van der Waals surface area contributed by atoms with E-state index in [0.29, 0.717) is 0 Å². The van der Waals surface area contributed by atoms with Gasteiger partial charge in [0.1, 0.15) is 5.15 Å². The van der Waals surface area contributed by atoms with E-state index < -0.39 is 0 Å². The third-order valence-electron chi connectivity index (χ3n) is 0.709. The molecule has 1 N–H and O–H groups in total. The average molecular weight is 165 g/mol. The van der Waals surface area contributed by atoms with Crippen molar-refractivity contribution in [1.29, 1.82) is 0 Å². The van der Waals surface area contributed by atoms with E-state index in [1.165, 1.54) is 0 Å². The number of aromatic amines is 1. The summed E-state index contributed by atoms with van der Waals surface area (Å²) in [5, 5.41) is 0.181. The van der Waals surface area contributed by atoms with Gasteiger partial charge in [-0.1, -0.05) is 23.2 Å². The highest BCUT2D eigenvalue weighted by Gasteiger charge is 1.95. The van der Waals surface area contributed by atoms with Crippen molar-refractivity contribution >= 4 is 23.2 Å². The van der Waals surface area contributed by atoms with E-state index in [1.54, 1.807) is 0 Å². The molecule has 48 valence electrons. The first-order chi connectivity index (χ1) is 4.20. The molecular formula is C4H2Cl2N2O. The van der Waals surface area contributed by atoms with Crippen LogP contribution in [-0.2, 0) is 0 Å². The fourth-order valence-corrected chi connectivity index (χ4v) is 0.602. The zero-order valence-corrected chi connectivity index (χ0v) is 5.70. The molecule has 5 heteroatoms. The summed E-state index contributed by atoms with van der Waals surface area (Å²) in [4.78, 5) is 16.1. The van der Waals surface area contributed by atoms with Crippen molar-refractivity contribution in [3.63, 3.8) is 0 Å². The molecule has 1 rings (SSSR count). The Kier molecular flexibility index (Phi) is 1.73. The number of nitrogens with one attached hydrogen (secondary N) is 1. The summed E-state index contributed by atoms with van der Waals surface area (Å²) in [7, 11) is 0. The summed E-state index contributed by atoms with van der Waals surface area (Å²) in [5.41, 5.74) is -0.357. The van der Waals surface area contributed by atoms with E-state index in [4.69, 9.17) is 23.2 Å². The molecule has 1 aromatic heterocycles. The maximum atomic E-state index is 10.4. The molecule has 0 aliphatic rings. The van der Waals surface area contributed by atoms with Gasteiger partial charge in [0.25, 0.3) is 5.56 Å². The summed E-state index contributed by atoms with van der Waals surface area (Å²) in [6.45, 7) is 0. The Morgan fingerprint density at radius 1 is 1.56 bits per heavy atom. The van der Waals surface area contributed by atoms with E-state index in [2.05, 4.69) is 9.97 Å². The van der Waals surface area contributed by atoms with Gasteiger partial charge in [0, 0.05) is 0 Å². The Balaban J connectivity index is 3.34. The number of hydrogen-bond donors (Lipinski definition) is 1. The minimum Gasteiger partial charge on any atom is -0.309 e. The number of rotatable bonds is 0. The van der Waals surface area contributed by atoms with Gasteiger partial charge >= 0.3 is 0 Å². The molecule has 0 aliphatic carbocycles. The van der Waals surface area contributed by atoms with Crippen molar-refractivity contribution in [2.45, 2.75) is 0 Å². The van der Waals surface area contributed by atoms with Crippen molar-refractivity contribution in [2.75, 3.05) is 0 Å². The summed E-state index contributed by atoms with van der Waals surface area (Å²) in [6, 6.07) is 0. The zero-order chi connectivity index (χ0) is 6.85. The predicted octanol–water partition coefficient (Wildman–Crippen LogP) is 1.08. The SMILES string of the molecule is O=c1cnc(Cl)c(Cl)[nH]1. The van der Waals surface area contributed by atoms with Gasteiger partial charge in [-0.05, 0) is 0 Å². The van der Waals surface area contributed by atoms with Gasteiger partial charge in [-0.2, -0.15) is 0 Å². The lowest BCUT2D eigenvalue weighted by Crippen LogP contribution is -2.04. The first kappa shape index (κ1) is 6.58. The molecule has 0 aromatic carbocycles. The second-order valence-corrected chi connectivity index (χ2v) is 2.09. The molecular weight excluding hydrogens is 163 g/mol. The fraction of sp³-hybridized carbons (Fsp3) is 0. The van der Waals surface area contributed by atoms with Crippen molar-refractivity contribution in [3.05, 3.63) is 26.9 Å². The quantitative estimate of drug-likeness (QED) is 0.624. The van der Waals surface area contributed by atoms with Crippen LogP contribution in [0, 0.1) is 0 Å². The van der Waals surface area contributed by atoms with Crippen molar-refractivity contribution in [1.82, 2.24) is 9.97 Å². The van der Waals surface area contributed by atoms with E-state index in [-0.39, 0.29) is 15.9 Å². The van der Waals surface area contributed by atoms with Crippen LogP contribution in [0.2, 0.25) is 10.3 Å². The number of halogens is 2. The molecule has 0 spiro atoms. The summed E-state index contributed by atoms with van der Waals surface area (Å²) in [6.07, 6.45) is 1.06. The van der Waals surface area contributed by atoms with Gasteiger partial charge in [-0.3, -0.25) is 4.79 Å². The molecule has 0 fully saturated rings. The normalized spacial score (nSPS) is 9.56. The Hall–Kier alpha value is -0.540. The maximum absolute atomic E-state index is 10.4. The maximum Gasteiger partial charge on any atom is 0.267 e. The van der Waals surface area contributed by atoms with Crippen LogP contribution < -0.4 is 5.56 Å². The van der Waals surface area contributed by atoms with Crippen LogP contribution in [-0.4, -0.2) is 9.97 Å². The monoisotopic (exact) mass is 164 g/mol. The highest BCUT2D eigenvalue weighted by Crippen LogP contribution is 2.11. The van der Waals surface area contributed by atoms with Gasteiger partial charge in [0.15, 0.2) is 5.15 Å². The summed E-state index contributed by atoms with van der Waals surface area (Å²) < 4.78 is 0. The van der Waals surface area contributed by atoms with Crippen LogP contribution in [0.5, 0.6) is 0 Å². The third kappa shape index (κ3) is 1.43. The Labute approximate surface area is 60.6 Å². The first-order valence-electron chi connectivity index (χ1n) is 2.10. The van der Waals surface area contributed by atoms with Crippen LogP contribution in [0.1, 0.15) is 0 Å². The van der Waals surface area contributed by atoms with Crippen LogP contribution in [0.25, 0.3) is 0 Å². The second-order valence-electron chi connectivity index (χ2n) is 1.35. The molecule has 0 aliphatic heterocycles. The summed E-state index contributed by atoms with van der Waals surface area (Å²) in [5.74, 6) is 0. The number of nitrogens with zero attached hydrogens (tertiary/aromatic N) is 1. The summed E-state index contributed by atoms with van der Waals surface area (Å²) >= 11 is 10.7. The van der Waals surface area contributed by atoms with Crippen LogP contribution in [0.3, 0.4) is 0 Å². The fourth-order valence-electron chi connectivity index (χ4n) is 0.364. The largest absolute Gasteiger partial charge is 0.309 e. The number of hydrogen-bond acceptors (Lipinski definition) is 2. The topological polar surface area (TPSA) is 45.8 Å². The molecule has 0 unspecified atom stereocenters. The van der Waals surface area contributed by atoms with Gasteiger partial charge in [0.05, 0.1) is 6.20 Å². The minimum absolute atomic E-state index is 0.0733. The highest BCUT2D eigenvalue weighted by atomic mass is 35.5. The predicted molar refractivity (Wildman–Crippen MR) is 34.9 cm³/mol. The smallest absolute Gasteiger partial charge is 0.267 e. The Morgan fingerprint density at radius 3 is 2.67 bits per heavy atom. The average Bonchev–Trinajstić information content (AvgIpc) is 1.80. The first-order valence-corrected chi connectivity index (χ1v) is 2.86. The zero-order valence-electron chi connectivity index (χ0n) is 4.19. The molecule has 0 amide bonds. The number of H-pyrrole nitrogens is 1. The van der Waals surface area contributed by atoms with Crippen LogP contribution in [0.15, 0.2) is 11.0 Å². The lowest BCUT2D eigenvalue weighted by molar-refractivity contribution is 1.14. The third-order valence-corrected chi connectivity index (χ3v) is 1.37. The van der Waals surface area contributed by atoms with E-state index in [0.717, 1.165) is 6.20 Å². The van der Waals surface area contributed by atoms with Crippen molar-refractivity contribution in [2.24, 2.45) is 0 Å². The van der Waals surface area contributed by atoms with Crippen molar-refractivity contribution in [3.8, 4) is 0 Å². The highest BCUT2D eigenvalue weighted by molar-refractivity contribution is 6.40. The Morgan fingerprint density at radius 2 is 2.22 bits per heavy atom. The second kappa shape index (κ2) is 2.37. The number of aromatic nitrogens is 2. The van der Waals surface area contributed by atoms with Gasteiger partial charge in [-0.15, -0.1) is 0 Å². The molecule has 0 bridgehead atoms. The molecule has 1 aromatic rings. The van der Waals surface area contributed by atoms with Gasteiger partial charge in [0.2, 0.25) is 0 Å². The van der Waals surface area contributed by atoms with E-state index in [1.807, 2.05) is 0 Å². The lowest BCUT2D eigenvalue weighted by atomic mass is 10.7. The molecule has 3 nitrogen and oxygen atoms in total. The lowest BCUT2D eigenvalue weighted by Gasteiger charge is -1.88. The Bertz CT molecular complexity index is 270. The van der Waals surface area contributed by atoms with Crippen LogP contribution >= 0.6 is 23.2 Å². The van der Waals surface area contributed by atoms with Gasteiger partial charge < -0.3 is 4.98 Å². The molecule has 0 saturated heterocycles. The molecule has 1 heterocycles. The van der Waals surface area contributed by atoms with Crippen LogP contribution in [0.4, 0.5) is 0 Å². The minimum atomic E-state index is -0.357. The van der Waals surface area contributed by atoms with E-state index in [9.17, 15) is 4.79 Å². The molecule has 0 radical (unpaired) electrons. The van der Waals surface area contributed by atoms with Crippen molar-refractivity contribution < 1.29 is 0 Å². The molecule has 9 heavy (non-hydrogen) atoms. The molecule has 0 saturated carbocycles. The standard InChI is InChI=1S/C4H2Cl2N2O/c5-3-4(6)8-2(9)1-7-3/h1H,(H,8,9). The molecule has 0 atom stereocenters. The van der Waals surface area contributed by atoms with E-state index >= 15 is 0 Å².